The Hall–Kier alpha value is -1.26. The lowest BCUT2D eigenvalue weighted by Gasteiger charge is -2.24. The van der Waals surface area contributed by atoms with E-state index in [1.54, 1.807) is 24.0 Å². The van der Waals surface area contributed by atoms with Crippen molar-refractivity contribution in [3.63, 3.8) is 0 Å². The lowest BCUT2D eigenvalue weighted by Crippen LogP contribution is -2.38. The number of aliphatic carboxylic acids is 1. The molecule has 1 fully saturated rings. The molecule has 0 saturated heterocycles. The highest BCUT2D eigenvalue weighted by Gasteiger charge is 2.35. The highest BCUT2D eigenvalue weighted by Crippen LogP contribution is 2.30. The van der Waals surface area contributed by atoms with Gasteiger partial charge in [0.05, 0.1) is 16.0 Å². The van der Waals surface area contributed by atoms with Crippen LogP contribution in [-0.2, 0) is 4.79 Å². The number of carboxylic acid groups (broad SMARTS) is 1. The molecule has 0 heterocycles. The number of nitrogens with zero attached hydrogens (tertiary/aromatic N) is 1. The van der Waals surface area contributed by atoms with Gasteiger partial charge in [-0.1, -0.05) is 30.1 Å². The quantitative estimate of drug-likeness (QED) is 0.906. The molecule has 1 atom stereocenters. The molecule has 108 valence electrons. The van der Waals surface area contributed by atoms with E-state index >= 15 is 0 Å². The molecule has 2 rings (SSSR count). The van der Waals surface area contributed by atoms with Gasteiger partial charge in [0.15, 0.2) is 0 Å². The Bertz CT molecular complexity index is 543. The van der Waals surface area contributed by atoms with Crippen molar-refractivity contribution < 1.29 is 14.7 Å². The van der Waals surface area contributed by atoms with Crippen molar-refractivity contribution in [1.29, 1.82) is 0 Å². The molecular formula is C14H15Cl2NO3. The van der Waals surface area contributed by atoms with Gasteiger partial charge in [0, 0.05) is 18.2 Å². The van der Waals surface area contributed by atoms with E-state index in [0.717, 1.165) is 12.8 Å². The van der Waals surface area contributed by atoms with Gasteiger partial charge < -0.3 is 10.0 Å². The molecule has 1 aliphatic carbocycles. The number of carbonyl (C=O) groups excluding carboxylic acids is 1. The van der Waals surface area contributed by atoms with Crippen molar-refractivity contribution in [2.75, 3.05) is 6.54 Å². The normalized spacial score (nSPS) is 15.8. The van der Waals surface area contributed by atoms with Gasteiger partial charge in [-0.3, -0.25) is 9.59 Å². The summed E-state index contributed by atoms with van der Waals surface area (Å²) in [7, 11) is 0. The van der Waals surface area contributed by atoms with E-state index in [-0.39, 0.29) is 18.5 Å². The fraction of sp³-hybridized carbons (Fsp3) is 0.429. The van der Waals surface area contributed by atoms with Crippen LogP contribution in [0.2, 0.25) is 10.0 Å². The highest BCUT2D eigenvalue weighted by molar-refractivity contribution is 6.42. The van der Waals surface area contributed by atoms with E-state index in [0.29, 0.717) is 15.6 Å². The zero-order chi connectivity index (χ0) is 14.9. The summed E-state index contributed by atoms with van der Waals surface area (Å²) < 4.78 is 0. The third kappa shape index (κ3) is 3.44. The second-order valence-corrected chi connectivity index (χ2v) is 5.87. The van der Waals surface area contributed by atoms with E-state index in [4.69, 9.17) is 28.3 Å². The largest absolute Gasteiger partial charge is 0.481 e. The lowest BCUT2D eigenvalue weighted by molar-refractivity contribution is -0.141. The summed E-state index contributed by atoms with van der Waals surface area (Å²) in [5.41, 5.74) is 0.434. The van der Waals surface area contributed by atoms with Crippen LogP contribution in [0.4, 0.5) is 0 Å². The summed E-state index contributed by atoms with van der Waals surface area (Å²) >= 11 is 11.7. The minimum Gasteiger partial charge on any atom is -0.481 e. The summed E-state index contributed by atoms with van der Waals surface area (Å²) in [6.45, 7) is 1.80. The maximum atomic E-state index is 12.5. The number of hydrogen-bond acceptors (Lipinski definition) is 2. The van der Waals surface area contributed by atoms with E-state index in [1.165, 1.54) is 6.07 Å². The maximum absolute atomic E-state index is 12.5. The van der Waals surface area contributed by atoms with Gasteiger partial charge in [-0.05, 0) is 31.0 Å². The van der Waals surface area contributed by atoms with Gasteiger partial charge in [0.2, 0.25) is 0 Å². The summed E-state index contributed by atoms with van der Waals surface area (Å²) in [5.74, 6) is -1.70. The van der Waals surface area contributed by atoms with Crippen LogP contribution < -0.4 is 0 Å². The standard InChI is InChI=1S/C14H15Cl2NO3/c1-8(14(19)20)7-17(10-3-4-10)13(18)9-2-5-11(15)12(16)6-9/h2,5-6,8,10H,3-4,7H2,1H3,(H,19,20). The Labute approximate surface area is 127 Å². The van der Waals surface area contributed by atoms with Crippen LogP contribution >= 0.6 is 23.2 Å². The van der Waals surface area contributed by atoms with Gasteiger partial charge in [-0.2, -0.15) is 0 Å². The SMILES string of the molecule is CC(CN(C(=O)c1ccc(Cl)c(Cl)c1)C1CC1)C(=O)O. The molecule has 1 N–H and O–H groups in total. The maximum Gasteiger partial charge on any atom is 0.308 e. The van der Waals surface area contributed by atoms with Crippen molar-refractivity contribution in [2.45, 2.75) is 25.8 Å². The highest BCUT2D eigenvalue weighted by atomic mass is 35.5. The lowest BCUT2D eigenvalue weighted by atomic mass is 10.1. The van der Waals surface area contributed by atoms with Crippen LogP contribution in [0, 0.1) is 5.92 Å². The molecule has 1 unspecified atom stereocenters. The van der Waals surface area contributed by atoms with E-state index < -0.39 is 11.9 Å². The molecule has 20 heavy (non-hydrogen) atoms. The summed E-state index contributed by atoms with van der Waals surface area (Å²) in [6.07, 6.45) is 1.83. The minimum atomic E-state index is -0.905. The molecule has 1 saturated carbocycles. The fourth-order valence-electron chi connectivity index (χ4n) is 1.95. The molecule has 1 aromatic carbocycles. The van der Waals surface area contributed by atoms with Crippen LogP contribution in [0.15, 0.2) is 18.2 Å². The molecule has 1 amide bonds. The Morgan fingerprint density at radius 3 is 2.50 bits per heavy atom. The van der Waals surface area contributed by atoms with Gasteiger partial charge >= 0.3 is 5.97 Å². The zero-order valence-electron chi connectivity index (χ0n) is 11.0. The molecule has 0 bridgehead atoms. The first-order chi connectivity index (χ1) is 9.40. The minimum absolute atomic E-state index is 0.138. The van der Waals surface area contributed by atoms with Crippen molar-refractivity contribution >= 4 is 35.1 Å². The number of rotatable bonds is 5. The number of carboxylic acids is 1. The zero-order valence-corrected chi connectivity index (χ0v) is 12.5. The molecule has 6 heteroatoms. The predicted octanol–water partition coefficient (Wildman–Crippen LogP) is 3.32. The number of hydrogen-bond donors (Lipinski definition) is 1. The Morgan fingerprint density at radius 2 is 2.00 bits per heavy atom. The summed E-state index contributed by atoms with van der Waals surface area (Å²) in [6, 6.07) is 4.84. The number of amides is 1. The van der Waals surface area contributed by atoms with Gasteiger partial charge in [-0.15, -0.1) is 0 Å². The Kier molecular flexibility index (Phi) is 4.55. The first-order valence-electron chi connectivity index (χ1n) is 6.39. The molecule has 0 aromatic heterocycles. The summed E-state index contributed by atoms with van der Waals surface area (Å²) in [4.78, 5) is 25.1. The number of halogens is 2. The predicted molar refractivity (Wildman–Crippen MR) is 77.3 cm³/mol. The van der Waals surface area contributed by atoms with E-state index in [1.807, 2.05) is 0 Å². The topological polar surface area (TPSA) is 57.6 Å². The van der Waals surface area contributed by atoms with Crippen LogP contribution in [0.25, 0.3) is 0 Å². The molecular weight excluding hydrogens is 301 g/mol. The fourth-order valence-corrected chi connectivity index (χ4v) is 2.25. The van der Waals surface area contributed by atoms with E-state index in [9.17, 15) is 9.59 Å². The summed E-state index contributed by atoms with van der Waals surface area (Å²) in [5, 5.41) is 9.70. The van der Waals surface area contributed by atoms with Crippen LogP contribution in [-0.4, -0.2) is 34.5 Å². The first kappa shape index (κ1) is 15.1. The Balaban J connectivity index is 2.18. The van der Waals surface area contributed by atoms with Crippen molar-refractivity contribution in [3.05, 3.63) is 33.8 Å². The molecule has 1 aliphatic rings. The second kappa shape index (κ2) is 6.02. The van der Waals surface area contributed by atoms with E-state index in [2.05, 4.69) is 0 Å². The van der Waals surface area contributed by atoms with Crippen molar-refractivity contribution in [1.82, 2.24) is 4.90 Å². The third-order valence-corrected chi connectivity index (χ3v) is 4.05. The van der Waals surface area contributed by atoms with Crippen LogP contribution in [0.5, 0.6) is 0 Å². The average molecular weight is 316 g/mol. The number of carbonyl (C=O) groups is 2. The van der Waals surface area contributed by atoms with Gasteiger partial charge in [0.1, 0.15) is 0 Å². The van der Waals surface area contributed by atoms with Crippen LogP contribution in [0.1, 0.15) is 30.1 Å². The smallest absolute Gasteiger partial charge is 0.308 e. The van der Waals surface area contributed by atoms with Crippen molar-refractivity contribution in [3.8, 4) is 0 Å². The monoisotopic (exact) mass is 315 g/mol. The second-order valence-electron chi connectivity index (χ2n) is 5.06. The molecule has 0 radical (unpaired) electrons. The number of benzene rings is 1. The Morgan fingerprint density at radius 1 is 1.35 bits per heavy atom. The molecule has 4 nitrogen and oxygen atoms in total. The molecule has 1 aromatic rings. The molecule has 0 aliphatic heterocycles. The first-order valence-corrected chi connectivity index (χ1v) is 7.14. The average Bonchev–Trinajstić information content (AvgIpc) is 3.22. The van der Waals surface area contributed by atoms with Crippen molar-refractivity contribution in [2.24, 2.45) is 5.92 Å². The van der Waals surface area contributed by atoms with Crippen LogP contribution in [0.3, 0.4) is 0 Å². The van der Waals surface area contributed by atoms with Gasteiger partial charge in [0.25, 0.3) is 5.91 Å². The molecule has 0 spiro atoms. The third-order valence-electron chi connectivity index (χ3n) is 3.31. The van der Waals surface area contributed by atoms with Gasteiger partial charge in [-0.25, -0.2) is 0 Å².